The molecule has 0 atom stereocenters. The summed E-state index contributed by atoms with van der Waals surface area (Å²) in [6.07, 6.45) is 3.58. The summed E-state index contributed by atoms with van der Waals surface area (Å²) in [4.78, 5) is 10.6. The second kappa shape index (κ2) is 12.4. The van der Waals surface area contributed by atoms with Crippen LogP contribution in [-0.4, -0.2) is 51.2 Å². The van der Waals surface area contributed by atoms with Crippen molar-refractivity contribution in [1.82, 2.24) is 0 Å². The Bertz CT molecular complexity index is 160. The van der Waals surface area contributed by atoms with Gasteiger partial charge in [-0.2, -0.15) is 0 Å². The predicted octanol–water partition coefficient (Wildman–Crippen LogP) is 0.745. The molecule has 0 bridgehead atoms. The fraction of sp³-hybridized carbons (Fsp3) is 0.909. The number of hydrogen-bond acceptors (Lipinski definition) is 5. The minimum absolute atomic E-state index is 0.00694. The molecule has 0 saturated carbocycles. The number of methoxy groups -OCH3 is 1. The lowest BCUT2D eigenvalue weighted by Crippen LogP contribution is -2.11. The molecule has 0 aliphatic rings. The average Bonchev–Trinajstić information content (AvgIpc) is 2.31. The number of carbonyl (C=O) groups excluding carboxylic acids is 1. The Kier molecular flexibility index (Phi) is 11.9. The van der Waals surface area contributed by atoms with Gasteiger partial charge in [-0.05, 0) is 25.7 Å². The normalized spacial score (nSPS) is 10.4. The molecule has 0 aliphatic carbocycles. The lowest BCUT2D eigenvalue weighted by molar-refractivity contribution is -0.146. The molecule has 0 saturated heterocycles. The third-order valence-corrected chi connectivity index (χ3v) is 1.97. The molecular weight excluding hydrogens is 212 g/mol. The summed E-state index contributed by atoms with van der Waals surface area (Å²) in [6, 6.07) is 0. The second-order valence-corrected chi connectivity index (χ2v) is 3.38. The number of hydrogen-bond donors (Lipinski definition) is 1. The first kappa shape index (κ1) is 15.3. The van der Waals surface area contributed by atoms with Crippen LogP contribution >= 0.6 is 0 Å². The van der Waals surface area contributed by atoms with E-state index in [0.717, 1.165) is 32.3 Å². The van der Waals surface area contributed by atoms with Crippen molar-refractivity contribution in [2.75, 3.05) is 40.1 Å². The number of ether oxygens (including phenoxy) is 3. The predicted molar refractivity (Wildman–Crippen MR) is 59.2 cm³/mol. The van der Waals surface area contributed by atoms with Crippen LogP contribution in [0.3, 0.4) is 0 Å². The van der Waals surface area contributed by atoms with Crippen molar-refractivity contribution in [3.05, 3.63) is 0 Å². The molecule has 0 amide bonds. The van der Waals surface area contributed by atoms with Crippen LogP contribution < -0.4 is 0 Å². The number of aliphatic hydroxyl groups excluding tert-OH is 1. The molecule has 0 aromatic heterocycles. The van der Waals surface area contributed by atoms with E-state index < -0.39 is 0 Å². The first-order valence-corrected chi connectivity index (χ1v) is 5.64. The smallest absolute Gasteiger partial charge is 0.331 e. The molecule has 0 heterocycles. The Morgan fingerprint density at radius 1 is 1.00 bits per heavy atom. The third kappa shape index (κ3) is 11.4. The summed E-state index contributed by atoms with van der Waals surface area (Å²) >= 11 is 0. The lowest BCUT2D eigenvalue weighted by Gasteiger charge is -2.04. The van der Waals surface area contributed by atoms with E-state index in [4.69, 9.17) is 14.6 Å². The monoisotopic (exact) mass is 234 g/mol. The van der Waals surface area contributed by atoms with Gasteiger partial charge < -0.3 is 19.3 Å². The van der Waals surface area contributed by atoms with Crippen LogP contribution in [0.25, 0.3) is 0 Å². The summed E-state index contributed by atoms with van der Waals surface area (Å²) in [6.45, 7) is 2.12. The van der Waals surface area contributed by atoms with Gasteiger partial charge in [-0.3, -0.25) is 0 Å². The topological polar surface area (TPSA) is 65.0 Å². The maximum absolute atomic E-state index is 10.6. The van der Waals surface area contributed by atoms with Gasteiger partial charge in [0.2, 0.25) is 0 Å². The molecule has 0 unspecified atom stereocenters. The van der Waals surface area contributed by atoms with Crippen LogP contribution in [0.4, 0.5) is 0 Å². The zero-order chi connectivity index (χ0) is 12.1. The summed E-state index contributed by atoms with van der Waals surface area (Å²) in [5.41, 5.74) is 0. The van der Waals surface area contributed by atoms with E-state index in [2.05, 4.69) is 4.74 Å². The molecule has 1 N–H and O–H groups in total. The molecule has 0 aliphatic heterocycles. The van der Waals surface area contributed by atoms with E-state index >= 15 is 0 Å². The third-order valence-electron chi connectivity index (χ3n) is 1.97. The van der Waals surface area contributed by atoms with E-state index in [1.54, 1.807) is 0 Å². The van der Waals surface area contributed by atoms with Crippen molar-refractivity contribution >= 4 is 5.97 Å². The van der Waals surface area contributed by atoms with Crippen LogP contribution in [0.5, 0.6) is 0 Å². The van der Waals surface area contributed by atoms with E-state index in [9.17, 15) is 4.79 Å². The van der Waals surface area contributed by atoms with E-state index in [1.807, 2.05) is 0 Å². The van der Waals surface area contributed by atoms with E-state index in [-0.39, 0.29) is 19.2 Å². The number of carbonyl (C=O) groups is 1. The first-order chi connectivity index (χ1) is 7.81. The van der Waals surface area contributed by atoms with Crippen molar-refractivity contribution in [2.45, 2.75) is 25.7 Å². The fourth-order valence-corrected chi connectivity index (χ4v) is 1.07. The SMILES string of the molecule is COC(=O)COCCCOCCCCCO. The summed E-state index contributed by atoms with van der Waals surface area (Å²) in [7, 11) is 1.33. The molecule has 96 valence electrons. The number of aliphatic hydroxyl groups is 1. The molecule has 0 aromatic carbocycles. The van der Waals surface area contributed by atoms with Gasteiger partial charge in [0, 0.05) is 26.4 Å². The Balaban J connectivity index is 2.96. The molecule has 0 spiro atoms. The van der Waals surface area contributed by atoms with Crippen LogP contribution in [0.2, 0.25) is 0 Å². The largest absolute Gasteiger partial charge is 0.467 e. The van der Waals surface area contributed by atoms with Gasteiger partial charge >= 0.3 is 5.97 Å². The summed E-state index contributed by atoms with van der Waals surface area (Å²) in [5, 5.41) is 8.54. The lowest BCUT2D eigenvalue weighted by atomic mass is 10.2. The van der Waals surface area contributed by atoms with Crippen molar-refractivity contribution < 1.29 is 24.1 Å². The highest BCUT2D eigenvalue weighted by Gasteiger charge is 1.98. The minimum atomic E-state index is -0.357. The number of rotatable bonds is 11. The first-order valence-electron chi connectivity index (χ1n) is 5.64. The maximum atomic E-state index is 10.6. The van der Waals surface area contributed by atoms with Gasteiger partial charge in [0.25, 0.3) is 0 Å². The van der Waals surface area contributed by atoms with Crippen molar-refractivity contribution in [3.63, 3.8) is 0 Å². The van der Waals surface area contributed by atoms with Gasteiger partial charge in [0.15, 0.2) is 0 Å². The molecule has 16 heavy (non-hydrogen) atoms. The minimum Gasteiger partial charge on any atom is -0.467 e. The van der Waals surface area contributed by atoms with Crippen molar-refractivity contribution in [2.24, 2.45) is 0 Å². The van der Waals surface area contributed by atoms with Gasteiger partial charge in [-0.25, -0.2) is 4.79 Å². The Labute approximate surface area is 96.7 Å². The van der Waals surface area contributed by atoms with Crippen molar-refractivity contribution in [1.29, 1.82) is 0 Å². The Morgan fingerprint density at radius 2 is 1.69 bits per heavy atom. The molecule has 5 heteroatoms. The van der Waals surface area contributed by atoms with E-state index in [0.29, 0.717) is 13.2 Å². The van der Waals surface area contributed by atoms with Crippen LogP contribution in [0, 0.1) is 0 Å². The summed E-state index contributed by atoms with van der Waals surface area (Å²) in [5.74, 6) is -0.357. The standard InChI is InChI=1S/C11H22O5/c1-14-11(13)10-16-9-5-8-15-7-4-2-3-6-12/h12H,2-10H2,1H3. The van der Waals surface area contributed by atoms with Gasteiger partial charge in [-0.15, -0.1) is 0 Å². The number of esters is 1. The zero-order valence-electron chi connectivity index (χ0n) is 9.94. The maximum Gasteiger partial charge on any atom is 0.331 e. The van der Waals surface area contributed by atoms with Gasteiger partial charge in [-0.1, -0.05) is 0 Å². The quantitative estimate of drug-likeness (QED) is 0.422. The highest BCUT2D eigenvalue weighted by molar-refractivity contribution is 5.70. The molecule has 5 nitrogen and oxygen atoms in total. The van der Waals surface area contributed by atoms with Crippen LogP contribution in [-0.2, 0) is 19.0 Å². The molecule has 0 aromatic rings. The molecule has 0 fully saturated rings. The molecular formula is C11H22O5. The number of unbranched alkanes of at least 4 members (excludes halogenated alkanes) is 2. The summed E-state index contributed by atoms with van der Waals surface area (Å²) < 4.78 is 14.8. The molecule has 0 rings (SSSR count). The van der Waals surface area contributed by atoms with E-state index in [1.165, 1.54) is 7.11 Å². The highest BCUT2D eigenvalue weighted by Crippen LogP contribution is 1.95. The van der Waals surface area contributed by atoms with Gasteiger partial charge in [0.05, 0.1) is 7.11 Å². The highest BCUT2D eigenvalue weighted by atomic mass is 16.6. The zero-order valence-corrected chi connectivity index (χ0v) is 9.94. The molecule has 0 radical (unpaired) electrons. The second-order valence-electron chi connectivity index (χ2n) is 3.38. The van der Waals surface area contributed by atoms with Crippen molar-refractivity contribution in [3.8, 4) is 0 Å². The Morgan fingerprint density at radius 3 is 2.38 bits per heavy atom. The van der Waals surface area contributed by atoms with Crippen LogP contribution in [0.1, 0.15) is 25.7 Å². The Hall–Kier alpha value is -0.650. The van der Waals surface area contributed by atoms with Crippen LogP contribution in [0.15, 0.2) is 0 Å². The fourth-order valence-electron chi connectivity index (χ4n) is 1.07. The van der Waals surface area contributed by atoms with Gasteiger partial charge in [0.1, 0.15) is 6.61 Å². The average molecular weight is 234 g/mol.